The topological polar surface area (TPSA) is 53.4 Å². The lowest BCUT2D eigenvalue weighted by Gasteiger charge is -2.09. The van der Waals surface area contributed by atoms with E-state index in [-0.39, 0.29) is 23.2 Å². The van der Waals surface area contributed by atoms with Gasteiger partial charge in [0, 0.05) is 0 Å². The van der Waals surface area contributed by atoms with E-state index < -0.39 is 11.4 Å². The van der Waals surface area contributed by atoms with Gasteiger partial charge in [0.25, 0.3) is 5.56 Å². The predicted octanol–water partition coefficient (Wildman–Crippen LogP) is 2.10. The van der Waals surface area contributed by atoms with Crippen molar-refractivity contribution in [1.29, 1.82) is 0 Å². The molecule has 0 bridgehead atoms. The van der Waals surface area contributed by atoms with Crippen LogP contribution in [-0.4, -0.2) is 23.8 Å². The smallest absolute Gasteiger partial charge is 0.297 e. The van der Waals surface area contributed by atoms with Crippen molar-refractivity contribution in [3.8, 4) is 11.5 Å². The van der Waals surface area contributed by atoms with E-state index >= 15 is 0 Å². The zero-order valence-corrected chi connectivity index (χ0v) is 11.6. The average molecular weight is 299 g/mol. The first kappa shape index (κ1) is 14.3. The Bertz CT molecular complexity index is 688. The highest BCUT2D eigenvalue weighted by Gasteiger charge is 2.11. The SMILES string of the molecule is COc1ccc(Cn2cnc(Cl)c(OC)c2=O)cc1F. The highest BCUT2D eigenvalue weighted by Crippen LogP contribution is 2.19. The largest absolute Gasteiger partial charge is 0.494 e. The number of benzene rings is 1. The van der Waals surface area contributed by atoms with E-state index in [4.69, 9.17) is 21.1 Å². The molecule has 106 valence electrons. The van der Waals surface area contributed by atoms with Gasteiger partial charge < -0.3 is 9.47 Å². The number of hydrogen-bond acceptors (Lipinski definition) is 4. The van der Waals surface area contributed by atoms with E-state index in [0.29, 0.717) is 5.56 Å². The second-order valence-electron chi connectivity index (χ2n) is 3.97. The van der Waals surface area contributed by atoms with Crippen LogP contribution in [0.1, 0.15) is 5.56 Å². The minimum Gasteiger partial charge on any atom is -0.494 e. The molecule has 2 rings (SSSR count). The molecule has 0 N–H and O–H groups in total. The molecule has 5 nitrogen and oxygen atoms in total. The Morgan fingerprint density at radius 3 is 2.70 bits per heavy atom. The Labute approximate surface area is 119 Å². The third-order valence-corrected chi connectivity index (χ3v) is 3.00. The minimum atomic E-state index is -0.494. The predicted molar refractivity (Wildman–Crippen MR) is 72.1 cm³/mol. The summed E-state index contributed by atoms with van der Waals surface area (Å²) in [6, 6.07) is 4.46. The maximum absolute atomic E-state index is 13.6. The van der Waals surface area contributed by atoms with E-state index in [1.54, 1.807) is 6.07 Å². The average Bonchev–Trinajstić information content (AvgIpc) is 2.43. The van der Waals surface area contributed by atoms with Gasteiger partial charge in [0.05, 0.1) is 27.1 Å². The second-order valence-corrected chi connectivity index (χ2v) is 4.33. The highest BCUT2D eigenvalue weighted by molar-refractivity contribution is 6.30. The van der Waals surface area contributed by atoms with E-state index in [1.807, 2.05) is 0 Å². The van der Waals surface area contributed by atoms with Crippen LogP contribution < -0.4 is 15.0 Å². The molecular weight excluding hydrogens is 287 g/mol. The van der Waals surface area contributed by atoms with Crippen molar-refractivity contribution in [1.82, 2.24) is 9.55 Å². The molecule has 2 aromatic rings. The molecule has 1 aromatic carbocycles. The number of nitrogens with zero attached hydrogens (tertiary/aromatic N) is 2. The Kier molecular flexibility index (Phi) is 4.24. The van der Waals surface area contributed by atoms with E-state index in [0.717, 1.165) is 0 Å². The lowest BCUT2D eigenvalue weighted by Crippen LogP contribution is -2.22. The molecule has 0 aliphatic carbocycles. The van der Waals surface area contributed by atoms with Gasteiger partial charge in [0.1, 0.15) is 0 Å². The summed E-state index contributed by atoms with van der Waals surface area (Å²) in [5.74, 6) is -0.386. The summed E-state index contributed by atoms with van der Waals surface area (Å²) in [6.07, 6.45) is 1.29. The van der Waals surface area contributed by atoms with Gasteiger partial charge in [-0.15, -0.1) is 0 Å². The number of hydrogen-bond donors (Lipinski definition) is 0. The lowest BCUT2D eigenvalue weighted by molar-refractivity contribution is 0.386. The van der Waals surface area contributed by atoms with Crippen molar-refractivity contribution < 1.29 is 13.9 Å². The fraction of sp³-hybridized carbons (Fsp3) is 0.231. The molecule has 0 amide bonds. The number of aromatic nitrogens is 2. The van der Waals surface area contributed by atoms with Crippen molar-refractivity contribution >= 4 is 11.6 Å². The maximum atomic E-state index is 13.6. The fourth-order valence-corrected chi connectivity index (χ4v) is 1.94. The van der Waals surface area contributed by atoms with Crippen LogP contribution in [0.25, 0.3) is 0 Å². The standard InChI is InChI=1S/C13H12ClFN2O3/c1-19-10-4-3-8(5-9(10)15)6-17-7-16-12(14)11(20-2)13(17)18/h3-5,7H,6H2,1-2H3. The summed E-state index contributed by atoms with van der Waals surface area (Å²) in [6.45, 7) is 0.153. The van der Waals surface area contributed by atoms with Crippen molar-refractivity contribution in [2.24, 2.45) is 0 Å². The van der Waals surface area contributed by atoms with Gasteiger partial charge in [-0.25, -0.2) is 9.37 Å². The molecule has 0 aliphatic rings. The van der Waals surface area contributed by atoms with Crippen LogP contribution in [0.4, 0.5) is 4.39 Å². The van der Waals surface area contributed by atoms with Gasteiger partial charge in [0.15, 0.2) is 16.7 Å². The van der Waals surface area contributed by atoms with E-state index in [2.05, 4.69) is 4.98 Å². The molecule has 0 spiro atoms. The summed E-state index contributed by atoms with van der Waals surface area (Å²) < 4.78 is 24.6. The minimum absolute atomic E-state index is 0.00494. The lowest BCUT2D eigenvalue weighted by atomic mass is 10.2. The first-order valence-corrected chi connectivity index (χ1v) is 6.06. The number of ether oxygens (including phenoxy) is 2. The first-order chi connectivity index (χ1) is 9.56. The summed E-state index contributed by atoms with van der Waals surface area (Å²) >= 11 is 5.74. The third-order valence-electron chi connectivity index (χ3n) is 2.73. The Morgan fingerprint density at radius 2 is 2.10 bits per heavy atom. The molecular formula is C13H12ClFN2O3. The molecule has 0 saturated heterocycles. The molecule has 0 atom stereocenters. The van der Waals surface area contributed by atoms with E-state index in [1.165, 1.54) is 37.2 Å². The zero-order chi connectivity index (χ0) is 14.7. The molecule has 0 saturated carbocycles. The van der Waals surface area contributed by atoms with Gasteiger partial charge in [-0.05, 0) is 17.7 Å². The Balaban J connectivity index is 2.35. The van der Waals surface area contributed by atoms with Crippen LogP contribution in [0.3, 0.4) is 0 Å². The molecule has 0 radical (unpaired) electrons. The van der Waals surface area contributed by atoms with Crippen LogP contribution >= 0.6 is 11.6 Å². The molecule has 20 heavy (non-hydrogen) atoms. The van der Waals surface area contributed by atoms with Gasteiger partial charge in [-0.1, -0.05) is 17.7 Å². The van der Waals surface area contributed by atoms with Crippen LogP contribution in [0, 0.1) is 5.82 Å². The first-order valence-electron chi connectivity index (χ1n) is 5.68. The molecule has 0 unspecified atom stereocenters. The second kappa shape index (κ2) is 5.92. The van der Waals surface area contributed by atoms with Crippen LogP contribution in [0.2, 0.25) is 5.15 Å². The molecule has 1 aromatic heterocycles. The Morgan fingerprint density at radius 1 is 1.35 bits per heavy atom. The molecule has 7 heteroatoms. The molecule has 0 aliphatic heterocycles. The van der Waals surface area contributed by atoms with Crippen molar-refractivity contribution in [3.05, 3.63) is 51.4 Å². The van der Waals surface area contributed by atoms with Gasteiger partial charge >= 0.3 is 0 Å². The van der Waals surface area contributed by atoms with Crippen LogP contribution in [-0.2, 0) is 6.54 Å². The number of halogens is 2. The van der Waals surface area contributed by atoms with Crippen molar-refractivity contribution in [2.45, 2.75) is 6.54 Å². The van der Waals surface area contributed by atoms with Crippen LogP contribution in [0.15, 0.2) is 29.3 Å². The van der Waals surface area contributed by atoms with Crippen LogP contribution in [0.5, 0.6) is 11.5 Å². The summed E-state index contributed by atoms with van der Waals surface area (Å²) in [4.78, 5) is 15.9. The van der Waals surface area contributed by atoms with Crippen molar-refractivity contribution in [3.63, 3.8) is 0 Å². The summed E-state index contributed by atoms with van der Waals surface area (Å²) in [7, 11) is 2.72. The van der Waals surface area contributed by atoms with Gasteiger partial charge in [-0.3, -0.25) is 9.36 Å². The number of rotatable bonds is 4. The summed E-state index contributed by atoms with van der Waals surface area (Å²) in [5, 5.41) is -0.00494. The molecule has 0 fully saturated rings. The van der Waals surface area contributed by atoms with Gasteiger partial charge in [-0.2, -0.15) is 0 Å². The fourth-order valence-electron chi connectivity index (χ4n) is 1.74. The summed E-state index contributed by atoms with van der Waals surface area (Å²) in [5.41, 5.74) is 0.167. The quantitative estimate of drug-likeness (QED) is 0.811. The third kappa shape index (κ3) is 2.75. The van der Waals surface area contributed by atoms with E-state index in [9.17, 15) is 9.18 Å². The normalized spacial score (nSPS) is 10.4. The maximum Gasteiger partial charge on any atom is 0.297 e. The zero-order valence-electron chi connectivity index (χ0n) is 10.9. The number of methoxy groups -OCH3 is 2. The van der Waals surface area contributed by atoms with Gasteiger partial charge in [0.2, 0.25) is 5.75 Å². The van der Waals surface area contributed by atoms with Crippen molar-refractivity contribution in [2.75, 3.05) is 14.2 Å². The highest BCUT2D eigenvalue weighted by atomic mass is 35.5. The Hall–Kier alpha value is -2.08. The monoisotopic (exact) mass is 298 g/mol. The molecule has 1 heterocycles.